The van der Waals surface area contributed by atoms with Gasteiger partial charge in [-0.3, -0.25) is 9.59 Å². The van der Waals surface area contributed by atoms with E-state index in [1.807, 2.05) is 54.6 Å². The molecule has 1 aromatic heterocycles. The molecule has 0 radical (unpaired) electrons. The molecular formula is C24H21ClN4O2. The highest BCUT2D eigenvalue weighted by atomic mass is 35.5. The van der Waals surface area contributed by atoms with E-state index in [0.717, 1.165) is 16.5 Å². The smallest absolute Gasteiger partial charge is 0.251 e. The van der Waals surface area contributed by atoms with Crippen LogP contribution in [-0.2, 0) is 11.2 Å². The quantitative estimate of drug-likeness (QED) is 0.487. The zero-order chi connectivity index (χ0) is 21.8. The van der Waals surface area contributed by atoms with Crippen LogP contribution in [-0.4, -0.2) is 34.7 Å². The lowest BCUT2D eigenvalue weighted by atomic mass is 10.0. The predicted octanol–water partition coefficient (Wildman–Crippen LogP) is 3.77. The van der Waals surface area contributed by atoms with E-state index in [9.17, 15) is 9.59 Å². The Morgan fingerprint density at radius 1 is 1.03 bits per heavy atom. The first-order chi connectivity index (χ1) is 15.1. The molecule has 0 saturated carbocycles. The van der Waals surface area contributed by atoms with Gasteiger partial charge in [-0.15, -0.1) is 0 Å². The van der Waals surface area contributed by atoms with Gasteiger partial charge < -0.3 is 10.6 Å². The Morgan fingerprint density at radius 3 is 2.52 bits per heavy atom. The highest BCUT2D eigenvalue weighted by Gasteiger charge is 2.21. The number of benzene rings is 3. The van der Waals surface area contributed by atoms with Gasteiger partial charge in [0, 0.05) is 24.4 Å². The third-order valence-corrected chi connectivity index (χ3v) is 5.37. The Bertz CT molecular complexity index is 1240. The summed E-state index contributed by atoms with van der Waals surface area (Å²) in [7, 11) is 1.55. The number of likely N-dealkylation sites (N-methyl/N-ethyl adjacent to an activating group) is 1. The molecule has 0 aliphatic rings. The number of nitrogens with zero attached hydrogens (tertiary/aromatic N) is 2. The van der Waals surface area contributed by atoms with Gasteiger partial charge in [-0.2, -0.15) is 5.10 Å². The summed E-state index contributed by atoms with van der Waals surface area (Å²) < 4.78 is 1.74. The molecule has 2 amide bonds. The first kappa shape index (κ1) is 20.6. The second-order valence-electron chi connectivity index (χ2n) is 7.11. The topological polar surface area (TPSA) is 76.0 Å². The number of halogens is 1. The molecule has 7 heteroatoms. The van der Waals surface area contributed by atoms with Gasteiger partial charge in [0.15, 0.2) is 0 Å². The van der Waals surface area contributed by atoms with E-state index in [-0.39, 0.29) is 11.8 Å². The third-order valence-electron chi connectivity index (χ3n) is 5.07. The molecule has 156 valence electrons. The van der Waals surface area contributed by atoms with Gasteiger partial charge >= 0.3 is 0 Å². The van der Waals surface area contributed by atoms with Gasteiger partial charge in [0.05, 0.1) is 22.4 Å². The molecular weight excluding hydrogens is 412 g/mol. The molecule has 1 atom stereocenters. The summed E-state index contributed by atoms with van der Waals surface area (Å²) in [6.07, 6.45) is 2.15. The molecule has 6 nitrogen and oxygen atoms in total. The average molecular weight is 433 g/mol. The fourth-order valence-corrected chi connectivity index (χ4v) is 3.72. The van der Waals surface area contributed by atoms with E-state index in [1.165, 1.54) is 0 Å². The van der Waals surface area contributed by atoms with E-state index in [4.69, 9.17) is 11.6 Å². The molecule has 31 heavy (non-hydrogen) atoms. The fraction of sp³-hybridized carbons (Fsp3) is 0.125. The Hall–Kier alpha value is -3.64. The summed E-state index contributed by atoms with van der Waals surface area (Å²) in [5, 5.41) is 11.2. The number of hydrogen-bond donors (Lipinski definition) is 2. The van der Waals surface area contributed by atoms with Crippen molar-refractivity contribution in [2.24, 2.45) is 0 Å². The fourth-order valence-electron chi connectivity index (χ4n) is 3.46. The molecule has 0 aliphatic carbocycles. The largest absolute Gasteiger partial charge is 0.357 e. The molecule has 0 fully saturated rings. The molecule has 0 bridgehead atoms. The summed E-state index contributed by atoms with van der Waals surface area (Å²) in [6, 6.07) is 21.7. The van der Waals surface area contributed by atoms with Gasteiger partial charge in [0.2, 0.25) is 5.91 Å². The lowest BCUT2D eigenvalue weighted by molar-refractivity contribution is -0.122. The first-order valence-electron chi connectivity index (χ1n) is 9.86. The highest BCUT2D eigenvalue weighted by Crippen LogP contribution is 2.25. The van der Waals surface area contributed by atoms with Crippen LogP contribution in [0.15, 0.2) is 79.0 Å². The lowest BCUT2D eigenvalue weighted by Gasteiger charge is -2.18. The van der Waals surface area contributed by atoms with Crippen molar-refractivity contribution in [2.45, 2.75) is 12.5 Å². The highest BCUT2D eigenvalue weighted by molar-refractivity contribution is 6.32. The Morgan fingerprint density at radius 2 is 1.77 bits per heavy atom. The number of hydrogen-bond acceptors (Lipinski definition) is 3. The summed E-state index contributed by atoms with van der Waals surface area (Å²) in [5.41, 5.74) is 2.92. The average Bonchev–Trinajstić information content (AvgIpc) is 3.22. The first-order valence-corrected chi connectivity index (χ1v) is 10.2. The van der Waals surface area contributed by atoms with Crippen LogP contribution in [0.25, 0.3) is 16.6 Å². The van der Waals surface area contributed by atoms with Crippen molar-refractivity contribution < 1.29 is 9.59 Å². The maximum Gasteiger partial charge on any atom is 0.251 e. The number of amides is 2. The normalized spacial score (nSPS) is 11.8. The second kappa shape index (κ2) is 9.02. The van der Waals surface area contributed by atoms with Crippen LogP contribution in [0.1, 0.15) is 15.9 Å². The van der Waals surface area contributed by atoms with Crippen LogP contribution in [0.3, 0.4) is 0 Å². The molecule has 0 spiro atoms. The summed E-state index contributed by atoms with van der Waals surface area (Å²) in [4.78, 5) is 25.2. The maximum absolute atomic E-state index is 12.9. The molecule has 1 unspecified atom stereocenters. The van der Waals surface area contributed by atoms with Crippen molar-refractivity contribution in [1.82, 2.24) is 20.4 Å². The molecule has 0 aliphatic heterocycles. The molecule has 3 aromatic carbocycles. The minimum absolute atomic E-state index is 0.261. The summed E-state index contributed by atoms with van der Waals surface area (Å²) >= 11 is 6.50. The lowest BCUT2D eigenvalue weighted by Crippen LogP contribution is -2.47. The number of para-hydroxylation sites is 1. The summed E-state index contributed by atoms with van der Waals surface area (Å²) in [5.74, 6) is -0.633. The van der Waals surface area contributed by atoms with Crippen molar-refractivity contribution in [1.29, 1.82) is 0 Å². The molecule has 2 N–H and O–H groups in total. The molecule has 1 heterocycles. The monoisotopic (exact) mass is 432 g/mol. The van der Waals surface area contributed by atoms with Crippen LogP contribution >= 0.6 is 11.6 Å². The van der Waals surface area contributed by atoms with Gasteiger partial charge in [-0.25, -0.2) is 4.68 Å². The second-order valence-corrected chi connectivity index (χ2v) is 7.52. The van der Waals surface area contributed by atoms with E-state index in [1.54, 1.807) is 36.1 Å². The van der Waals surface area contributed by atoms with Gasteiger partial charge in [-0.1, -0.05) is 60.1 Å². The Labute approximate surface area is 184 Å². The SMILES string of the molecule is CNC(=O)C(Cc1ccccc1)NC(=O)c1ccc(-n2ncc3ccccc32)c(Cl)c1. The van der Waals surface area contributed by atoms with Crippen molar-refractivity contribution in [2.75, 3.05) is 7.05 Å². The van der Waals surface area contributed by atoms with E-state index < -0.39 is 6.04 Å². The van der Waals surface area contributed by atoms with Gasteiger partial charge in [0.1, 0.15) is 6.04 Å². The minimum atomic E-state index is -0.701. The number of carbonyl (C=O) groups is 2. The minimum Gasteiger partial charge on any atom is -0.357 e. The third kappa shape index (κ3) is 4.44. The predicted molar refractivity (Wildman–Crippen MR) is 122 cm³/mol. The number of nitrogens with one attached hydrogen (secondary N) is 2. The van der Waals surface area contributed by atoms with Crippen LogP contribution in [0, 0.1) is 0 Å². The molecule has 0 saturated heterocycles. The van der Waals surface area contributed by atoms with Crippen molar-refractivity contribution in [3.63, 3.8) is 0 Å². The summed E-state index contributed by atoms with van der Waals surface area (Å²) in [6.45, 7) is 0. The van der Waals surface area contributed by atoms with Gasteiger partial charge in [0.25, 0.3) is 5.91 Å². The molecule has 4 rings (SSSR count). The van der Waals surface area contributed by atoms with Crippen molar-refractivity contribution in [3.8, 4) is 5.69 Å². The number of fused-ring (bicyclic) bond motifs is 1. The van der Waals surface area contributed by atoms with Crippen LogP contribution in [0.2, 0.25) is 5.02 Å². The van der Waals surface area contributed by atoms with Crippen molar-refractivity contribution >= 4 is 34.3 Å². The van der Waals surface area contributed by atoms with Crippen molar-refractivity contribution in [3.05, 3.63) is 95.1 Å². The van der Waals surface area contributed by atoms with Crippen LogP contribution in [0.5, 0.6) is 0 Å². The Kier molecular flexibility index (Phi) is 6.00. The standard InChI is InChI=1S/C24H21ClN4O2/c1-26-24(31)20(13-16-7-3-2-4-8-16)28-23(30)17-11-12-22(19(25)14-17)29-21-10-6-5-9-18(21)15-27-29/h2-12,14-15,20H,13H2,1H3,(H,26,31)(H,28,30). The van der Waals surface area contributed by atoms with E-state index in [0.29, 0.717) is 22.7 Å². The number of carbonyl (C=O) groups excluding carboxylic acids is 2. The number of rotatable bonds is 6. The Balaban J connectivity index is 1.56. The van der Waals surface area contributed by atoms with Crippen LogP contribution < -0.4 is 10.6 Å². The number of aromatic nitrogens is 2. The van der Waals surface area contributed by atoms with E-state index >= 15 is 0 Å². The maximum atomic E-state index is 12.9. The zero-order valence-corrected chi connectivity index (χ0v) is 17.6. The van der Waals surface area contributed by atoms with E-state index in [2.05, 4.69) is 15.7 Å². The molecule has 4 aromatic rings. The van der Waals surface area contributed by atoms with Gasteiger partial charge in [-0.05, 0) is 29.8 Å². The van der Waals surface area contributed by atoms with Crippen LogP contribution in [0.4, 0.5) is 0 Å². The zero-order valence-electron chi connectivity index (χ0n) is 16.9.